The van der Waals surface area contributed by atoms with Crippen molar-refractivity contribution < 1.29 is 8.42 Å². The molecule has 2 aromatic heterocycles. The van der Waals surface area contributed by atoms with Crippen LogP contribution in [0.25, 0.3) is 11.6 Å². The highest BCUT2D eigenvalue weighted by atomic mass is 35.5. The van der Waals surface area contributed by atoms with Crippen molar-refractivity contribution in [3.05, 3.63) is 82.2 Å². The van der Waals surface area contributed by atoms with Gasteiger partial charge in [-0.3, -0.25) is 9.88 Å². The van der Waals surface area contributed by atoms with E-state index >= 15 is 0 Å². The smallest absolute Gasteiger partial charge is 0.211 e. The van der Waals surface area contributed by atoms with E-state index in [1.807, 2.05) is 30.3 Å². The summed E-state index contributed by atoms with van der Waals surface area (Å²) in [6, 6.07) is 9.23. The molecule has 1 aromatic carbocycles. The van der Waals surface area contributed by atoms with Crippen molar-refractivity contribution in [2.24, 2.45) is 5.73 Å². The number of sulfonamides is 1. The molecule has 1 fully saturated rings. The summed E-state index contributed by atoms with van der Waals surface area (Å²) < 4.78 is 25.6. The van der Waals surface area contributed by atoms with Crippen LogP contribution >= 0.6 is 11.6 Å². The van der Waals surface area contributed by atoms with Gasteiger partial charge in [-0.1, -0.05) is 23.7 Å². The Hall–Kier alpha value is -2.56. The lowest BCUT2D eigenvalue weighted by molar-refractivity contribution is 0.154. The number of halogens is 1. The molecule has 3 aromatic rings. The molecule has 0 saturated carbocycles. The van der Waals surface area contributed by atoms with Crippen LogP contribution in [0.5, 0.6) is 0 Å². The predicted molar refractivity (Wildman–Crippen MR) is 129 cm³/mol. The maximum Gasteiger partial charge on any atom is 0.211 e. The van der Waals surface area contributed by atoms with Crippen LogP contribution in [0.3, 0.4) is 0 Å². The zero-order valence-electron chi connectivity index (χ0n) is 18.1. The van der Waals surface area contributed by atoms with Gasteiger partial charge in [-0.05, 0) is 46.5 Å². The molecule has 0 radical (unpaired) electrons. The number of benzene rings is 1. The summed E-state index contributed by atoms with van der Waals surface area (Å²) in [4.78, 5) is 14.3. The first-order chi connectivity index (χ1) is 15.8. The minimum absolute atomic E-state index is 0.155. The maximum atomic E-state index is 12.0. The van der Waals surface area contributed by atoms with E-state index < -0.39 is 16.1 Å². The fourth-order valence-corrected chi connectivity index (χ4v) is 5.71. The van der Waals surface area contributed by atoms with Crippen LogP contribution in [0, 0.1) is 0 Å². The number of hydrogen-bond acceptors (Lipinski definition) is 6. The van der Waals surface area contributed by atoms with Gasteiger partial charge in [0.1, 0.15) is 0 Å². The maximum absolute atomic E-state index is 12.0. The fourth-order valence-electron chi connectivity index (χ4n) is 4.71. The number of nitrogens with one attached hydrogen (secondary N) is 1. The number of aromatic nitrogens is 3. The SMILES string of the molecule is CS(=O)(=O)N1CCN([C@H]2c3ccc(Cl)cc3C(C(N)c3cnc[nH]3)=Cc3cccnc32)CC1. The third-order valence-electron chi connectivity index (χ3n) is 6.36. The molecule has 0 amide bonds. The van der Waals surface area contributed by atoms with Crippen molar-refractivity contribution in [3.8, 4) is 0 Å². The fraction of sp³-hybridized carbons (Fsp3) is 0.304. The summed E-state index contributed by atoms with van der Waals surface area (Å²) >= 11 is 6.45. The first-order valence-corrected chi connectivity index (χ1v) is 12.9. The second-order valence-electron chi connectivity index (χ2n) is 8.39. The zero-order chi connectivity index (χ0) is 23.2. The van der Waals surface area contributed by atoms with Gasteiger partial charge < -0.3 is 10.7 Å². The zero-order valence-corrected chi connectivity index (χ0v) is 19.7. The number of pyridine rings is 1. The second kappa shape index (κ2) is 8.66. The van der Waals surface area contributed by atoms with Crippen LogP contribution in [-0.4, -0.2) is 65.0 Å². The summed E-state index contributed by atoms with van der Waals surface area (Å²) in [5.74, 6) is 0. The minimum Gasteiger partial charge on any atom is -0.347 e. The molecule has 3 heterocycles. The van der Waals surface area contributed by atoms with Gasteiger partial charge >= 0.3 is 0 Å². The number of hydrogen-bond donors (Lipinski definition) is 2. The number of nitrogens with zero attached hydrogens (tertiary/aromatic N) is 4. The standard InChI is InChI=1S/C23H25ClN6O2S/c1-33(31,32)30-9-7-29(8-10-30)23-17-5-4-16(24)12-18(17)19(21(25)20-13-26-14-28-20)11-15-3-2-6-27-22(15)23/h2-6,11-14,21,23H,7-10,25H2,1H3,(H,26,28)/t21?,23-/m0/s1. The first kappa shape index (κ1) is 22.2. The van der Waals surface area contributed by atoms with Crippen molar-refractivity contribution >= 4 is 33.3 Å². The highest BCUT2D eigenvalue weighted by Gasteiger charge is 2.35. The molecule has 1 aliphatic heterocycles. The highest BCUT2D eigenvalue weighted by Crippen LogP contribution is 2.43. The molecular formula is C23H25ClN6O2S. The number of imidazole rings is 1. The monoisotopic (exact) mass is 484 g/mol. The third kappa shape index (κ3) is 4.22. The molecule has 172 valence electrons. The Labute approximate surface area is 198 Å². The number of piperazine rings is 1. The van der Waals surface area contributed by atoms with Crippen LogP contribution in [0.15, 0.2) is 49.1 Å². The van der Waals surface area contributed by atoms with E-state index in [9.17, 15) is 8.42 Å². The number of rotatable bonds is 4. The number of fused-ring (bicyclic) bond motifs is 2. The Kier molecular flexibility index (Phi) is 5.84. The van der Waals surface area contributed by atoms with Gasteiger partial charge in [-0.2, -0.15) is 4.31 Å². The van der Waals surface area contributed by atoms with Crippen molar-refractivity contribution in [1.82, 2.24) is 24.2 Å². The van der Waals surface area contributed by atoms with Gasteiger partial charge in [0.25, 0.3) is 0 Å². The summed E-state index contributed by atoms with van der Waals surface area (Å²) in [5.41, 5.74) is 12.3. The summed E-state index contributed by atoms with van der Waals surface area (Å²) in [5, 5.41) is 0.621. The Bertz CT molecular complexity index is 1300. The Morgan fingerprint density at radius 3 is 2.70 bits per heavy atom. The van der Waals surface area contributed by atoms with Crippen LogP contribution < -0.4 is 5.73 Å². The molecule has 10 heteroatoms. The van der Waals surface area contributed by atoms with E-state index in [1.165, 1.54) is 10.6 Å². The van der Waals surface area contributed by atoms with E-state index in [2.05, 4.69) is 20.9 Å². The average molecular weight is 485 g/mol. The number of aromatic amines is 1. The van der Waals surface area contributed by atoms with E-state index in [1.54, 1.807) is 18.7 Å². The Balaban J connectivity index is 1.63. The molecule has 1 unspecified atom stereocenters. The molecule has 2 aliphatic rings. The molecule has 2 atom stereocenters. The quantitative estimate of drug-likeness (QED) is 0.589. The second-order valence-corrected chi connectivity index (χ2v) is 10.8. The van der Waals surface area contributed by atoms with Gasteiger partial charge in [0.2, 0.25) is 10.0 Å². The Morgan fingerprint density at radius 2 is 2.00 bits per heavy atom. The molecule has 3 N–H and O–H groups in total. The molecule has 0 bridgehead atoms. The van der Waals surface area contributed by atoms with Crippen LogP contribution in [-0.2, 0) is 10.0 Å². The molecule has 0 spiro atoms. The lowest BCUT2D eigenvalue weighted by Crippen LogP contribution is -2.49. The van der Waals surface area contributed by atoms with Crippen molar-refractivity contribution in [2.45, 2.75) is 12.1 Å². The van der Waals surface area contributed by atoms with E-state index in [-0.39, 0.29) is 6.04 Å². The van der Waals surface area contributed by atoms with E-state index in [0.717, 1.165) is 33.7 Å². The molecule has 1 aliphatic carbocycles. The highest BCUT2D eigenvalue weighted by molar-refractivity contribution is 7.88. The molecule has 5 rings (SSSR count). The van der Waals surface area contributed by atoms with Crippen molar-refractivity contribution in [3.63, 3.8) is 0 Å². The average Bonchev–Trinajstić information content (AvgIpc) is 3.29. The van der Waals surface area contributed by atoms with E-state index in [0.29, 0.717) is 31.2 Å². The molecular weight excluding hydrogens is 460 g/mol. The normalized spacial score (nSPS) is 20.5. The Morgan fingerprint density at radius 1 is 1.21 bits per heavy atom. The third-order valence-corrected chi connectivity index (χ3v) is 7.90. The first-order valence-electron chi connectivity index (χ1n) is 10.7. The van der Waals surface area contributed by atoms with Gasteiger partial charge in [0.05, 0.1) is 36.1 Å². The lowest BCUT2D eigenvalue weighted by atomic mass is 9.90. The van der Waals surface area contributed by atoms with Crippen LogP contribution in [0.1, 0.15) is 40.2 Å². The minimum atomic E-state index is -3.22. The summed E-state index contributed by atoms with van der Waals surface area (Å²) in [7, 11) is -3.22. The van der Waals surface area contributed by atoms with Gasteiger partial charge in [-0.15, -0.1) is 0 Å². The molecule has 33 heavy (non-hydrogen) atoms. The number of H-pyrrole nitrogens is 1. The van der Waals surface area contributed by atoms with Gasteiger partial charge in [0, 0.05) is 43.6 Å². The topological polar surface area (TPSA) is 108 Å². The van der Waals surface area contributed by atoms with Gasteiger partial charge in [-0.25, -0.2) is 13.4 Å². The van der Waals surface area contributed by atoms with Crippen LogP contribution in [0.4, 0.5) is 0 Å². The van der Waals surface area contributed by atoms with Crippen LogP contribution in [0.2, 0.25) is 5.02 Å². The molecule has 1 saturated heterocycles. The lowest BCUT2D eigenvalue weighted by Gasteiger charge is -2.39. The largest absolute Gasteiger partial charge is 0.347 e. The van der Waals surface area contributed by atoms with Gasteiger partial charge in [0.15, 0.2) is 0 Å². The number of nitrogens with two attached hydrogens (primary N) is 1. The van der Waals surface area contributed by atoms with Crippen molar-refractivity contribution in [2.75, 3.05) is 32.4 Å². The summed E-state index contributed by atoms with van der Waals surface area (Å²) in [6.45, 7) is 2.07. The van der Waals surface area contributed by atoms with Crippen molar-refractivity contribution in [1.29, 1.82) is 0 Å². The molecule has 8 nitrogen and oxygen atoms in total. The summed E-state index contributed by atoms with van der Waals surface area (Å²) in [6.07, 6.45) is 8.48. The van der Waals surface area contributed by atoms with E-state index in [4.69, 9.17) is 22.3 Å². The predicted octanol–water partition coefficient (Wildman–Crippen LogP) is 2.68.